The molecule has 1 heterocycles. The third-order valence-corrected chi connectivity index (χ3v) is 3.21. The first-order valence-corrected chi connectivity index (χ1v) is 6.38. The molecule has 0 bridgehead atoms. The molecule has 4 nitrogen and oxygen atoms in total. The van der Waals surface area contributed by atoms with E-state index >= 15 is 0 Å². The van der Waals surface area contributed by atoms with E-state index in [4.69, 9.17) is 15.2 Å². The molecule has 0 aliphatic carbocycles. The number of nitrogens with zero attached hydrogens (tertiary/aromatic N) is 1. The van der Waals surface area contributed by atoms with Crippen molar-refractivity contribution in [1.29, 1.82) is 0 Å². The Morgan fingerprint density at radius 1 is 1.31 bits per heavy atom. The molecule has 0 aromatic carbocycles. The largest absolute Gasteiger partial charge is 0.352 e. The van der Waals surface area contributed by atoms with Gasteiger partial charge in [-0.1, -0.05) is 0 Å². The van der Waals surface area contributed by atoms with Gasteiger partial charge < -0.3 is 15.2 Å². The zero-order chi connectivity index (χ0) is 12.0. The van der Waals surface area contributed by atoms with Crippen LogP contribution in [-0.4, -0.2) is 50.1 Å². The topological polar surface area (TPSA) is 47.7 Å². The molecule has 1 saturated heterocycles. The first kappa shape index (κ1) is 13.9. The Kier molecular flexibility index (Phi) is 6.28. The van der Waals surface area contributed by atoms with Crippen LogP contribution in [0.25, 0.3) is 0 Å². The van der Waals surface area contributed by atoms with Crippen molar-refractivity contribution in [2.45, 2.75) is 39.5 Å². The molecule has 2 atom stereocenters. The van der Waals surface area contributed by atoms with Gasteiger partial charge in [0.2, 0.25) is 0 Å². The van der Waals surface area contributed by atoms with E-state index in [1.807, 2.05) is 13.8 Å². The third kappa shape index (κ3) is 4.01. The maximum absolute atomic E-state index is 5.72. The van der Waals surface area contributed by atoms with Crippen LogP contribution in [0, 0.1) is 5.92 Å². The number of hydrogen-bond acceptors (Lipinski definition) is 4. The van der Waals surface area contributed by atoms with E-state index in [0.717, 1.165) is 19.6 Å². The van der Waals surface area contributed by atoms with Crippen molar-refractivity contribution >= 4 is 0 Å². The Balaban J connectivity index is 2.38. The molecule has 1 aliphatic rings. The summed E-state index contributed by atoms with van der Waals surface area (Å²) in [7, 11) is 0. The molecule has 0 aromatic heterocycles. The van der Waals surface area contributed by atoms with Gasteiger partial charge in [0.15, 0.2) is 6.29 Å². The molecule has 1 aliphatic heterocycles. The quantitative estimate of drug-likeness (QED) is 0.664. The van der Waals surface area contributed by atoms with Crippen molar-refractivity contribution in [3.8, 4) is 0 Å². The Hall–Kier alpha value is -0.160. The van der Waals surface area contributed by atoms with Gasteiger partial charge >= 0.3 is 0 Å². The third-order valence-electron chi connectivity index (χ3n) is 3.21. The summed E-state index contributed by atoms with van der Waals surface area (Å²) in [6.07, 6.45) is 1.11. The minimum Gasteiger partial charge on any atom is -0.352 e. The summed E-state index contributed by atoms with van der Waals surface area (Å²) in [4.78, 5) is 2.42. The maximum Gasteiger partial charge on any atom is 0.170 e. The Morgan fingerprint density at radius 2 is 1.94 bits per heavy atom. The van der Waals surface area contributed by atoms with E-state index in [-0.39, 0.29) is 6.29 Å². The summed E-state index contributed by atoms with van der Waals surface area (Å²) < 4.78 is 11.1. The van der Waals surface area contributed by atoms with E-state index < -0.39 is 0 Å². The van der Waals surface area contributed by atoms with Crippen molar-refractivity contribution in [1.82, 2.24) is 4.90 Å². The van der Waals surface area contributed by atoms with E-state index in [9.17, 15) is 0 Å². The number of nitrogens with two attached hydrogens (primary N) is 1. The molecule has 1 fully saturated rings. The van der Waals surface area contributed by atoms with Gasteiger partial charge in [-0.15, -0.1) is 0 Å². The van der Waals surface area contributed by atoms with Crippen LogP contribution in [0.15, 0.2) is 0 Å². The van der Waals surface area contributed by atoms with E-state index in [1.165, 1.54) is 6.42 Å². The van der Waals surface area contributed by atoms with Crippen molar-refractivity contribution in [3.05, 3.63) is 0 Å². The molecule has 2 N–H and O–H groups in total. The predicted molar refractivity (Wildman–Crippen MR) is 65.2 cm³/mol. The molecule has 1 rings (SSSR count). The normalized spacial score (nSPS) is 26.8. The number of rotatable bonds is 7. The summed E-state index contributed by atoms with van der Waals surface area (Å²) in [5.41, 5.74) is 5.72. The van der Waals surface area contributed by atoms with Gasteiger partial charge in [0.1, 0.15) is 0 Å². The van der Waals surface area contributed by atoms with E-state index in [2.05, 4.69) is 11.8 Å². The van der Waals surface area contributed by atoms with Crippen molar-refractivity contribution in [2.24, 2.45) is 11.7 Å². The highest BCUT2D eigenvalue weighted by atomic mass is 16.7. The minimum absolute atomic E-state index is 0.0889. The Bertz CT molecular complexity index is 184. The molecule has 0 spiro atoms. The first-order valence-electron chi connectivity index (χ1n) is 6.38. The average Bonchev–Trinajstić information content (AvgIpc) is 2.60. The zero-order valence-electron chi connectivity index (χ0n) is 10.8. The highest BCUT2D eigenvalue weighted by Crippen LogP contribution is 2.22. The lowest BCUT2D eigenvalue weighted by Crippen LogP contribution is -2.38. The molecule has 0 amide bonds. The summed E-state index contributed by atoms with van der Waals surface area (Å²) in [5.74, 6) is 0.638. The molecular formula is C12H26N2O2. The summed E-state index contributed by atoms with van der Waals surface area (Å²) in [6.45, 7) is 10.4. The van der Waals surface area contributed by atoms with Crippen LogP contribution in [0.5, 0.6) is 0 Å². The molecule has 16 heavy (non-hydrogen) atoms. The van der Waals surface area contributed by atoms with Crippen LogP contribution in [-0.2, 0) is 9.47 Å². The van der Waals surface area contributed by atoms with Crippen LogP contribution in [0.4, 0.5) is 0 Å². The fourth-order valence-corrected chi connectivity index (χ4v) is 2.36. The summed E-state index contributed by atoms with van der Waals surface area (Å²) >= 11 is 0. The molecule has 0 aromatic rings. The van der Waals surface area contributed by atoms with Gasteiger partial charge in [0, 0.05) is 32.3 Å². The number of likely N-dealkylation sites (tertiary alicyclic amines) is 1. The summed E-state index contributed by atoms with van der Waals surface area (Å²) in [6, 6.07) is 0.594. The van der Waals surface area contributed by atoms with Crippen LogP contribution in [0.3, 0.4) is 0 Å². The second kappa shape index (κ2) is 7.22. The second-order valence-corrected chi connectivity index (χ2v) is 4.48. The highest BCUT2D eigenvalue weighted by Gasteiger charge is 2.29. The maximum atomic E-state index is 5.72. The zero-order valence-corrected chi connectivity index (χ0v) is 10.8. The lowest BCUT2D eigenvalue weighted by molar-refractivity contribution is -0.148. The number of ether oxygens (including phenoxy) is 2. The van der Waals surface area contributed by atoms with Gasteiger partial charge in [-0.3, -0.25) is 4.90 Å². The van der Waals surface area contributed by atoms with Crippen molar-refractivity contribution in [2.75, 3.05) is 32.8 Å². The van der Waals surface area contributed by atoms with Crippen LogP contribution < -0.4 is 5.73 Å². The lowest BCUT2D eigenvalue weighted by Gasteiger charge is -2.26. The lowest BCUT2D eigenvalue weighted by atomic mass is 10.1. The molecular weight excluding hydrogens is 204 g/mol. The molecule has 0 saturated carbocycles. The molecule has 2 unspecified atom stereocenters. The monoisotopic (exact) mass is 230 g/mol. The molecule has 4 heteroatoms. The fraction of sp³-hybridized carbons (Fsp3) is 1.00. The SMILES string of the molecule is CCOC(CN1CC(CN)CC1C)OCC. The second-order valence-electron chi connectivity index (χ2n) is 4.48. The van der Waals surface area contributed by atoms with E-state index in [1.54, 1.807) is 0 Å². The van der Waals surface area contributed by atoms with Gasteiger partial charge in [-0.2, -0.15) is 0 Å². The van der Waals surface area contributed by atoms with Gasteiger partial charge in [-0.25, -0.2) is 0 Å². The van der Waals surface area contributed by atoms with Crippen LogP contribution in [0.2, 0.25) is 0 Å². The van der Waals surface area contributed by atoms with Crippen LogP contribution in [0.1, 0.15) is 27.2 Å². The van der Waals surface area contributed by atoms with E-state index in [0.29, 0.717) is 25.2 Å². The standard InChI is InChI=1S/C12H26N2O2/c1-4-15-12(16-5-2)9-14-8-11(7-13)6-10(14)3/h10-12H,4-9,13H2,1-3H3. The van der Waals surface area contributed by atoms with Gasteiger partial charge in [0.25, 0.3) is 0 Å². The van der Waals surface area contributed by atoms with Gasteiger partial charge in [-0.05, 0) is 39.7 Å². The summed E-state index contributed by atoms with van der Waals surface area (Å²) in [5, 5.41) is 0. The van der Waals surface area contributed by atoms with Crippen molar-refractivity contribution in [3.63, 3.8) is 0 Å². The smallest absolute Gasteiger partial charge is 0.170 e. The minimum atomic E-state index is -0.0889. The average molecular weight is 230 g/mol. The van der Waals surface area contributed by atoms with Crippen molar-refractivity contribution < 1.29 is 9.47 Å². The predicted octanol–water partition coefficient (Wildman–Crippen LogP) is 1.05. The Morgan fingerprint density at radius 3 is 2.38 bits per heavy atom. The highest BCUT2D eigenvalue weighted by molar-refractivity contribution is 4.83. The first-order chi connectivity index (χ1) is 7.71. The van der Waals surface area contributed by atoms with Crippen LogP contribution >= 0.6 is 0 Å². The number of hydrogen-bond donors (Lipinski definition) is 1. The molecule has 0 radical (unpaired) electrons. The van der Waals surface area contributed by atoms with Gasteiger partial charge in [0.05, 0.1) is 0 Å². The fourth-order valence-electron chi connectivity index (χ4n) is 2.36. The molecule has 96 valence electrons. The Labute approximate surface area is 99.1 Å².